The normalized spacial score (nSPS) is 11.2. The number of carbonyl (C=O) groups is 1. The summed E-state index contributed by atoms with van der Waals surface area (Å²) in [6.45, 7) is 6.07. The molecule has 0 aliphatic rings. The molecule has 0 unspecified atom stereocenters. The molecule has 0 radical (unpaired) electrons. The van der Waals surface area contributed by atoms with E-state index in [0.29, 0.717) is 0 Å². The summed E-state index contributed by atoms with van der Waals surface area (Å²) in [5.41, 5.74) is 2.86. The highest BCUT2D eigenvalue weighted by Gasteiger charge is 2.11. The zero-order chi connectivity index (χ0) is 15.4. The Labute approximate surface area is 124 Å². The Bertz CT molecular complexity index is 687. The van der Waals surface area contributed by atoms with Crippen LogP contribution in [-0.4, -0.2) is 25.8 Å². The van der Waals surface area contributed by atoms with Crippen LogP contribution in [-0.2, 0) is 17.6 Å². The molecule has 0 aliphatic heterocycles. The number of hydrogen-bond acceptors (Lipinski definition) is 3. The van der Waals surface area contributed by atoms with Crippen molar-refractivity contribution >= 4 is 12.0 Å². The summed E-state index contributed by atoms with van der Waals surface area (Å²) in [7, 11) is 0. The molecule has 1 aromatic heterocycles. The lowest BCUT2D eigenvalue weighted by Crippen LogP contribution is -2.04. The number of hydrogen-bond donors (Lipinski definition) is 1. The van der Waals surface area contributed by atoms with Crippen molar-refractivity contribution in [2.24, 2.45) is 0 Å². The van der Waals surface area contributed by atoms with Crippen molar-refractivity contribution in [1.82, 2.24) is 14.8 Å². The van der Waals surface area contributed by atoms with Gasteiger partial charge in [-0.25, -0.2) is 14.5 Å². The fraction of sp³-hybridized carbons (Fsp3) is 0.312. The standard InChI is InChI=1S/C16H19N3O2/c1-4-14-17-15(5-2)19(18-14)13-8-6-12(10-11(13)3)7-9-16(20)21/h6-10H,4-5H2,1-3H3,(H,20,21). The van der Waals surface area contributed by atoms with Gasteiger partial charge in [-0.3, -0.25) is 0 Å². The molecular weight excluding hydrogens is 266 g/mol. The van der Waals surface area contributed by atoms with Gasteiger partial charge in [-0.05, 0) is 36.3 Å². The summed E-state index contributed by atoms with van der Waals surface area (Å²) in [6.07, 6.45) is 4.33. The third kappa shape index (κ3) is 3.37. The van der Waals surface area contributed by atoms with E-state index in [4.69, 9.17) is 5.11 Å². The number of benzene rings is 1. The number of rotatable bonds is 5. The number of carboxylic acids is 1. The first-order valence-electron chi connectivity index (χ1n) is 7.02. The smallest absolute Gasteiger partial charge is 0.328 e. The van der Waals surface area contributed by atoms with Crippen molar-refractivity contribution in [2.75, 3.05) is 0 Å². The molecule has 0 saturated carbocycles. The minimum atomic E-state index is -0.950. The fourth-order valence-corrected chi connectivity index (χ4v) is 2.15. The van der Waals surface area contributed by atoms with E-state index in [-0.39, 0.29) is 0 Å². The number of aliphatic carboxylic acids is 1. The minimum absolute atomic E-state index is 0.804. The van der Waals surface area contributed by atoms with Gasteiger partial charge in [0, 0.05) is 18.9 Å². The van der Waals surface area contributed by atoms with E-state index in [1.54, 1.807) is 6.08 Å². The molecule has 110 valence electrons. The Hall–Kier alpha value is -2.43. The molecule has 21 heavy (non-hydrogen) atoms. The molecule has 0 spiro atoms. The Morgan fingerprint density at radius 2 is 2.10 bits per heavy atom. The van der Waals surface area contributed by atoms with E-state index in [1.165, 1.54) is 0 Å². The van der Waals surface area contributed by atoms with Gasteiger partial charge in [-0.1, -0.05) is 19.9 Å². The summed E-state index contributed by atoms with van der Waals surface area (Å²) in [5.74, 6) is 0.818. The molecule has 0 saturated heterocycles. The highest BCUT2D eigenvalue weighted by molar-refractivity contribution is 5.85. The molecule has 0 amide bonds. The van der Waals surface area contributed by atoms with Crippen LogP contribution in [0.2, 0.25) is 0 Å². The summed E-state index contributed by atoms with van der Waals surface area (Å²) in [6, 6.07) is 5.78. The van der Waals surface area contributed by atoms with E-state index >= 15 is 0 Å². The largest absolute Gasteiger partial charge is 0.478 e. The van der Waals surface area contributed by atoms with Gasteiger partial charge in [0.1, 0.15) is 5.82 Å². The topological polar surface area (TPSA) is 68.0 Å². The number of aromatic nitrogens is 3. The van der Waals surface area contributed by atoms with Crippen LogP contribution in [0.3, 0.4) is 0 Å². The maximum atomic E-state index is 10.6. The van der Waals surface area contributed by atoms with E-state index in [9.17, 15) is 4.79 Å². The second kappa shape index (κ2) is 6.35. The van der Waals surface area contributed by atoms with Crippen LogP contribution in [0.4, 0.5) is 0 Å². The summed E-state index contributed by atoms with van der Waals surface area (Å²) >= 11 is 0. The number of carboxylic acid groups (broad SMARTS) is 1. The van der Waals surface area contributed by atoms with Gasteiger partial charge in [0.05, 0.1) is 5.69 Å². The van der Waals surface area contributed by atoms with Crippen LogP contribution in [0, 0.1) is 6.92 Å². The maximum Gasteiger partial charge on any atom is 0.328 e. The lowest BCUT2D eigenvalue weighted by Gasteiger charge is -2.09. The highest BCUT2D eigenvalue weighted by Crippen LogP contribution is 2.18. The number of aryl methyl sites for hydroxylation is 3. The monoisotopic (exact) mass is 285 g/mol. The molecule has 1 aromatic carbocycles. The van der Waals surface area contributed by atoms with Crippen molar-refractivity contribution in [1.29, 1.82) is 0 Å². The van der Waals surface area contributed by atoms with E-state index in [0.717, 1.165) is 47.4 Å². The molecule has 0 bridgehead atoms. The quantitative estimate of drug-likeness (QED) is 0.858. The third-order valence-corrected chi connectivity index (χ3v) is 3.22. The summed E-state index contributed by atoms with van der Waals surface area (Å²) in [5, 5.41) is 13.2. The highest BCUT2D eigenvalue weighted by atomic mass is 16.4. The lowest BCUT2D eigenvalue weighted by molar-refractivity contribution is -0.131. The van der Waals surface area contributed by atoms with Crippen LogP contribution in [0.25, 0.3) is 11.8 Å². The van der Waals surface area contributed by atoms with E-state index in [2.05, 4.69) is 17.0 Å². The minimum Gasteiger partial charge on any atom is -0.478 e. The van der Waals surface area contributed by atoms with Gasteiger partial charge in [0.15, 0.2) is 5.82 Å². The predicted molar refractivity (Wildman–Crippen MR) is 81.5 cm³/mol. The van der Waals surface area contributed by atoms with Gasteiger partial charge in [0.25, 0.3) is 0 Å². The molecule has 2 rings (SSSR count). The van der Waals surface area contributed by atoms with Gasteiger partial charge in [0.2, 0.25) is 0 Å². The SMILES string of the molecule is CCc1nc(CC)n(-c2ccc(C=CC(=O)O)cc2C)n1. The Kier molecular flexibility index (Phi) is 4.52. The molecule has 1 heterocycles. The first-order chi connectivity index (χ1) is 10.0. The molecule has 0 aliphatic carbocycles. The van der Waals surface area contributed by atoms with E-state index < -0.39 is 5.97 Å². The zero-order valence-electron chi connectivity index (χ0n) is 12.5. The summed E-state index contributed by atoms with van der Waals surface area (Å²) in [4.78, 5) is 15.1. The fourth-order valence-electron chi connectivity index (χ4n) is 2.15. The molecule has 5 heteroatoms. The zero-order valence-corrected chi connectivity index (χ0v) is 12.5. The van der Waals surface area contributed by atoms with Crippen LogP contribution in [0.1, 0.15) is 36.6 Å². The maximum absolute atomic E-state index is 10.6. The van der Waals surface area contributed by atoms with Gasteiger partial charge >= 0.3 is 5.97 Å². The van der Waals surface area contributed by atoms with Gasteiger partial charge < -0.3 is 5.11 Å². The van der Waals surface area contributed by atoms with Crippen LogP contribution in [0.5, 0.6) is 0 Å². The summed E-state index contributed by atoms with van der Waals surface area (Å²) < 4.78 is 1.87. The second-order valence-corrected chi connectivity index (χ2v) is 4.78. The van der Waals surface area contributed by atoms with Crippen molar-refractivity contribution in [2.45, 2.75) is 33.6 Å². The number of nitrogens with zero attached hydrogens (tertiary/aromatic N) is 3. The average Bonchev–Trinajstić information content (AvgIpc) is 2.88. The first kappa shape index (κ1) is 15.0. The van der Waals surface area contributed by atoms with E-state index in [1.807, 2.05) is 36.7 Å². The lowest BCUT2D eigenvalue weighted by atomic mass is 10.1. The van der Waals surface area contributed by atoms with Gasteiger partial charge in [-0.15, -0.1) is 0 Å². The Morgan fingerprint density at radius 1 is 1.33 bits per heavy atom. The van der Waals surface area contributed by atoms with Crippen molar-refractivity contribution in [3.8, 4) is 5.69 Å². The molecule has 2 aromatic rings. The molecule has 5 nitrogen and oxygen atoms in total. The van der Waals surface area contributed by atoms with Crippen LogP contribution >= 0.6 is 0 Å². The predicted octanol–water partition coefficient (Wildman–Crippen LogP) is 2.80. The average molecular weight is 285 g/mol. The second-order valence-electron chi connectivity index (χ2n) is 4.78. The van der Waals surface area contributed by atoms with Crippen molar-refractivity contribution < 1.29 is 9.90 Å². The van der Waals surface area contributed by atoms with Crippen LogP contribution < -0.4 is 0 Å². The molecule has 0 fully saturated rings. The first-order valence-corrected chi connectivity index (χ1v) is 7.02. The van der Waals surface area contributed by atoms with Crippen molar-refractivity contribution in [3.05, 3.63) is 47.1 Å². The Morgan fingerprint density at radius 3 is 2.67 bits per heavy atom. The van der Waals surface area contributed by atoms with Crippen molar-refractivity contribution in [3.63, 3.8) is 0 Å². The van der Waals surface area contributed by atoms with Gasteiger partial charge in [-0.2, -0.15) is 5.10 Å². The molecule has 0 atom stereocenters. The molecule has 1 N–H and O–H groups in total. The van der Waals surface area contributed by atoms with Crippen LogP contribution in [0.15, 0.2) is 24.3 Å². The Balaban J connectivity index is 2.41. The molecular formula is C16H19N3O2. The third-order valence-electron chi connectivity index (χ3n) is 3.22.